The van der Waals surface area contributed by atoms with Crippen LogP contribution in [0.2, 0.25) is 5.02 Å². The number of hydrogen-bond acceptors (Lipinski definition) is 2. The molecule has 1 nitrogen and oxygen atoms in total. The molecule has 1 heterocycles. The molecular weight excluding hydrogens is 258 g/mol. The molecule has 0 aliphatic heterocycles. The standard InChI is InChI=1S/C8H5BrClNS/c9-6-2-4(11)1-5-7(10)3-12-8(5)6/h1-3H,11H2. The highest BCUT2D eigenvalue weighted by atomic mass is 79.9. The summed E-state index contributed by atoms with van der Waals surface area (Å²) < 4.78 is 2.16. The van der Waals surface area contributed by atoms with E-state index in [0.29, 0.717) is 0 Å². The third-order valence-corrected chi connectivity index (χ3v) is 3.96. The number of nitrogens with two attached hydrogens (primary N) is 1. The number of nitrogen functional groups attached to an aromatic ring is 1. The molecule has 0 saturated heterocycles. The van der Waals surface area contributed by atoms with Crippen LogP contribution in [-0.2, 0) is 0 Å². The molecule has 0 bridgehead atoms. The largest absolute Gasteiger partial charge is 0.399 e. The minimum atomic E-state index is 0.731. The van der Waals surface area contributed by atoms with Gasteiger partial charge in [-0.15, -0.1) is 11.3 Å². The minimum Gasteiger partial charge on any atom is -0.399 e. The Balaban J connectivity index is 2.92. The van der Waals surface area contributed by atoms with Gasteiger partial charge >= 0.3 is 0 Å². The van der Waals surface area contributed by atoms with Gasteiger partial charge in [-0.05, 0) is 28.1 Å². The van der Waals surface area contributed by atoms with Gasteiger partial charge in [-0.2, -0.15) is 0 Å². The molecule has 0 atom stereocenters. The molecule has 0 fully saturated rings. The zero-order valence-corrected chi connectivity index (χ0v) is 9.13. The summed E-state index contributed by atoms with van der Waals surface area (Å²) in [4.78, 5) is 0. The number of benzene rings is 1. The van der Waals surface area contributed by atoms with E-state index in [1.165, 1.54) is 0 Å². The lowest BCUT2D eigenvalue weighted by atomic mass is 10.2. The van der Waals surface area contributed by atoms with Crippen molar-refractivity contribution < 1.29 is 0 Å². The van der Waals surface area contributed by atoms with E-state index in [9.17, 15) is 0 Å². The van der Waals surface area contributed by atoms with Crippen LogP contribution in [0.3, 0.4) is 0 Å². The molecule has 62 valence electrons. The number of thiophene rings is 1. The normalized spacial score (nSPS) is 10.8. The molecule has 2 aromatic rings. The van der Waals surface area contributed by atoms with Crippen molar-refractivity contribution in [2.75, 3.05) is 5.73 Å². The maximum Gasteiger partial charge on any atom is 0.0592 e. The van der Waals surface area contributed by atoms with Crippen LogP contribution < -0.4 is 5.73 Å². The molecule has 1 aromatic carbocycles. The highest BCUT2D eigenvalue weighted by molar-refractivity contribution is 9.10. The molecule has 0 spiro atoms. The zero-order valence-electron chi connectivity index (χ0n) is 5.97. The van der Waals surface area contributed by atoms with Crippen molar-refractivity contribution in [3.63, 3.8) is 0 Å². The highest BCUT2D eigenvalue weighted by Gasteiger charge is 2.05. The van der Waals surface area contributed by atoms with Crippen LogP contribution in [-0.4, -0.2) is 0 Å². The minimum absolute atomic E-state index is 0.731. The van der Waals surface area contributed by atoms with E-state index in [4.69, 9.17) is 17.3 Å². The van der Waals surface area contributed by atoms with E-state index in [1.54, 1.807) is 11.3 Å². The molecule has 12 heavy (non-hydrogen) atoms. The zero-order chi connectivity index (χ0) is 8.72. The quantitative estimate of drug-likeness (QED) is 0.716. The van der Waals surface area contributed by atoms with E-state index < -0.39 is 0 Å². The summed E-state index contributed by atoms with van der Waals surface area (Å²) in [6, 6.07) is 3.77. The van der Waals surface area contributed by atoms with Crippen LogP contribution in [0.4, 0.5) is 5.69 Å². The molecule has 4 heteroatoms. The van der Waals surface area contributed by atoms with Crippen molar-refractivity contribution in [1.82, 2.24) is 0 Å². The predicted molar refractivity (Wildman–Crippen MR) is 58.9 cm³/mol. The monoisotopic (exact) mass is 261 g/mol. The van der Waals surface area contributed by atoms with Crippen molar-refractivity contribution >= 4 is 54.6 Å². The first-order valence-electron chi connectivity index (χ1n) is 3.30. The van der Waals surface area contributed by atoms with Crippen LogP contribution in [0, 0.1) is 0 Å². The number of anilines is 1. The highest BCUT2D eigenvalue weighted by Crippen LogP contribution is 2.36. The molecule has 1 aromatic heterocycles. The Labute approximate surface area is 87.3 Å². The van der Waals surface area contributed by atoms with E-state index in [2.05, 4.69) is 15.9 Å². The first-order chi connectivity index (χ1) is 5.68. The summed E-state index contributed by atoms with van der Waals surface area (Å²) >= 11 is 11.0. The molecule has 0 aliphatic carbocycles. The topological polar surface area (TPSA) is 26.0 Å². The fourth-order valence-corrected chi connectivity index (χ4v) is 3.00. The van der Waals surface area contributed by atoms with E-state index in [0.717, 1.165) is 25.3 Å². The molecule has 0 unspecified atom stereocenters. The predicted octanol–water partition coefficient (Wildman–Crippen LogP) is 3.90. The molecule has 0 aliphatic rings. The lowest BCUT2D eigenvalue weighted by molar-refractivity contribution is 1.75. The van der Waals surface area contributed by atoms with Crippen LogP contribution in [0.1, 0.15) is 0 Å². The Morgan fingerprint density at radius 2 is 2.17 bits per heavy atom. The van der Waals surface area contributed by atoms with Crippen molar-refractivity contribution in [1.29, 1.82) is 0 Å². The average Bonchev–Trinajstić information content (AvgIpc) is 2.33. The SMILES string of the molecule is Nc1cc(Br)c2scc(Cl)c2c1. The van der Waals surface area contributed by atoms with Gasteiger partial charge < -0.3 is 5.73 Å². The smallest absolute Gasteiger partial charge is 0.0592 e. The Bertz CT molecular complexity index is 438. The van der Waals surface area contributed by atoms with Gasteiger partial charge in [0.15, 0.2) is 0 Å². The number of rotatable bonds is 0. The van der Waals surface area contributed by atoms with Gasteiger partial charge in [0.1, 0.15) is 0 Å². The first kappa shape index (κ1) is 8.35. The van der Waals surface area contributed by atoms with Crippen LogP contribution in [0.15, 0.2) is 22.0 Å². The van der Waals surface area contributed by atoms with Crippen molar-refractivity contribution in [3.05, 3.63) is 27.0 Å². The van der Waals surface area contributed by atoms with Gasteiger partial charge in [-0.3, -0.25) is 0 Å². The first-order valence-corrected chi connectivity index (χ1v) is 5.35. The van der Waals surface area contributed by atoms with Crippen molar-refractivity contribution in [2.24, 2.45) is 0 Å². The lowest BCUT2D eigenvalue weighted by Crippen LogP contribution is -1.82. The van der Waals surface area contributed by atoms with Gasteiger partial charge in [0, 0.05) is 20.9 Å². The maximum atomic E-state index is 5.95. The van der Waals surface area contributed by atoms with Gasteiger partial charge in [0.2, 0.25) is 0 Å². The molecular formula is C8H5BrClNS. The van der Waals surface area contributed by atoms with Gasteiger partial charge in [0.25, 0.3) is 0 Å². The second-order valence-electron chi connectivity index (χ2n) is 2.46. The summed E-state index contributed by atoms with van der Waals surface area (Å²) in [5.74, 6) is 0. The number of halogens is 2. The summed E-state index contributed by atoms with van der Waals surface area (Å²) in [6.45, 7) is 0. The molecule has 0 saturated carbocycles. The third-order valence-electron chi connectivity index (χ3n) is 1.60. The van der Waals surface area contributed by atoms with Gasteiger partial charge in [-0.25, -0.2) is 0 Å². The Morgan fingerprint density at radius 3 is 2.92 bits per heavy atom. The van der Waals surface area contributed by atoms with Crippen molar-refractivity contribution in [2.45, 2.75) is 0 Å². The number of fused-ring (bicyclic) bond motifs is 1. The van der Waals surface area contributed by atoms with E-state index in [1.807, 2.05) is 17.5 Å². The average molecular weight is 263 g/mol. The third kappa shape index (κ3) is 1.22. The Morgan fingerprint density at radius 1 is 1.42 bits per heavy atom. The molecule has 2 rings (SSSR count). The van der Waals surface area contributed by atoms with E-state index >= 15 is 0 Å². The molecule has 0 radical (unpaired) electrons. The maximum absolute atomic E-state index is 5.95. The number of hydrogen-bond donors (Lipinski definition) is 1. The summed E-state index contributed by atoms with van der Waals surface area (Å²) in [6.07, 6.45) is 0. The summed E-state index contributed by atoms with van der Waals surface area (Å²) in [7, 11) is 0. The Hall–Kier alpha value is -0.250. The van der Waals surface area contributed by atoms with Crippen LogP contribution in [0.25, 0.3) is 10.1 Å². The van der Waals surface area contributed by atoms with Gasteiger partial charge in [0.05, 0.1) is 9.72 Å². The van der Waals surface area contributed by atoms with Crippen LogP contribution in [0.5, 0.6) is 0 Å². The fraction of sp³-hybridized carbons (Fsp3) is 0. The molecule has 0 amide bonds. The Kier molecular flexibility index (Phi) is 2.02. The fourth-order valence-electron chi connectivity index (χ4n) is 1.09. The second-order valence-corrected chi connectivity index (χ2v) is 4.60. The van der Waals surface area contributed by atoms with Gasteiger partial charge in [-0.1, -0.05) is 11.6 Å². The summed E-state index contributed by atoms with van der Waals surface area (Å²) in [5, 5.41) is 3.70. The lowest BCUT2D eigenvalue weighted by Gasteiger charge is -1.96. The summed E-state index contributed by atoms with van der Waals surface area (Å²) in [5.41, 5.74) is 6.40. The van der Waals surface area contributed by atoms with Crippen LogP contribution >= 0.6 is 38.9 Å². The van der Waals surface area contributed by atoms with Crippen molar-refractivity contribution in [3.8, 4) is 0 Å². The van der Waals surface area contributed by atoms with E-state index in [-0.39, 0.29) is 0 Å². The second kappa shape index (κ2) is 2.91. The molecule has 2 N–H and O–H groups in total.